The highest BCUT2D eigenvalue weighted by molar-refractivity contribution is 7.89. The third-order valence-electron chi connectivity index (χ3n) is 3.01. The second-order valence-corrected chi connectivity index (χ2v) is 6.25. The Hall–Kier alpha value is -2.14. The molecule has 0 unspecified atom stereocenters. The fraction of sp³-hybridized carbons (Fsp3) is 0.300. The first-order chi connectivity index (χ1) is 9.64. The number of nitrogens with zero attached hydrogens (tertiary/aromatic N) is 2. The molecule has 0 radical (unpaired) electrons. The van der Waals surface area contributed by atoms with Crippen LogP contribution >= 0.6 is 0 Å². The highest BCUT2D eigenvalue weighted by atomic mass is 32.2. The molecule has 21 heavy (non-hydrogen) atoms. The van der Waals surface area contributed by atoms with Crippen LogP contribution in [-0.4, -0.2) is 41.8 Å². The van der Waals surface area contributed by atoms with Crippen LogP contribution in [0.5, 0.6) is 0 Å². The Kier molecular flexibility index (Phi) is 3.63. The van der Waals surface area contributed by atoms with Crippen molar-refractivity contribution in [2.45, 2.75) is 4.90 Å². The highest BCUT2D eigenvalue weighted by Crippen LogP contribution is 2.30. The number of nitro groups is 1. The van der Waals surface area contributed by atoms with Crippen molar-refractivity contribution in [3.63, 3.8) is 0 Å². The third-order valence-corrected chi connectivity index (χ3v) is 4.86. The van der Waals surface area contributed by atoms with Crippen LogP contribution in [0.15, 0.2) is 17.0 Å². The van der Waals surface area contributed by atoms with E-state index in [0.29, 0.717) is 4.31 Å². The molecule has 8 nitrogen and oxygen atoms in total. The van der Waals surface area contributed by atoms with Crippen molar-refractivity contribution in [3.05, 3.63) is 33.9 Å². The molecule has 0 spiro atoms. The number of benzene rings is 1. The lowest BCUT2D eigenvalue weighted by Gasteiger charge is -2.35. The molecule has 0 amide bonds. The number of carbonyl (C=O) groups is 1. The van der Waals surface area contributed by atoms with Gasteiger partial charge >= 0.3 is 11.7 Å². The molecule has 1 aromatic rings. The minimum Gasteiger partial charge on any atom is -0.481 e. The van der Waals surface area contributed by atoms with Crippen molar-refractivity contribution in [1.29, 1.82) is 0 Å². The van der Waals surface area contributed by atoms with Crippen LogP contribution in [0.2, 0.25) is 0 Å². The summed E-state index contributed by atoms with van der Waals surface area (Å²) in [5.41, 5.74) is -1.18. The fourth-order valence-corrected chi connectivity index (χ4v) is 3.38. The lowest BCUT2D eigenvalue weighted by atomic mass is 10.0. The van der Waals surface area contributed by atoms with E-state index >= 15 is 0 Å². The molecule has 0 saturated carbocycles. The summed E-state index contributed by atoms with van der Waals surface area (Å²) in [6, 6.07) is 0.396. The molecule has 11 heteroatoms. The molecule has 0 aromatic heterocycles. The van der Waals surface area contributed by atoms with Crippen LogP contribution in [0, 0.1) is 27.7 Å². The maximum absolute atomic E-state index is 13.6. The average molecular weight is 322 g/mol. The molecule has 1 heterocycles. The lowest BCUT2D eigenvalue weighted by Crippen LogP contribution is -2.52. The van der Waals surface area contributed by atoms with Crippen LogP contribution in [-0.2, 0) is 14.8 Å². The Bertz CT molecular complexity index is 729. The number of sulfonamides is 1. The summed E-state index contributed by atoms with van der Waals surface area (Å²) >= 11 is 0. The van der Waals surface area contributed by atoms with E-state index in [4.69, 9.17) is 5.11 Å². The van der Waals surface area contributed by atoms with Crippen molar-refractivity contribution in [2.75, 3.05) is 13.1 Å². The minimum atomic E-state index is -4.45. The number of carboxylic acid groups (broad SMARTS) is 1. The smallest absolute Gasteiger partial charge is 0.309 e. The first-order valence-corrected chi connectivity index (χ1v) is 6.95. The zero-order chi connectivity index (χ0) is 15.9. The van der Waals surface area contributed by atoms with Crippen LogP contribution in [0.4, 0.5) is 14.5 Å². The van der Waals surface area contributed by atoms with Gasteiger partial charge in [-0.25, -0.2) is 12.8 Å². The summed E-state index contributed by atoms with van der Waals surface area (Å²) in [7, 11) is -4.45. The number of hydrogen-bond acceptors (Lipinski definition) is 5. The largest absolute Gasteiger partial charge is 0.481 e. The number of aliphatic carboxylic acids is 1. The van der Waals surface area contributed by atoms with Crippen molar-refractivity contribution in [1.82, 2.24) is 4.31 Å². The van der Waals surface area contributed by atoms with Gasteiger partial charge in [0, 0.05) is 25.2 Å². The Morgan fingerprint density at radius 3 is 2.38 bits per heavy atom. The Balaban J connectivity index is 2.40. The van der Waals surface area contributed by atoms with Crippen molar-refractivity contribution in [2.24, 2.45) is 5.92 Å². The molecule has 0 aliphatic carbocycles. The van der Waals surface area contributed by atoms with Gasteiger partial charge in [-0.3, -0.25) is 14.9 Å². The van der Waals surface area contributed by atoms with Crippen molar-refractivity contribution >= 4 is 21.7 Å². The first-order valence-electron chi connectivity index (χ1n) is 5.51. The van der Waals surface area contributed by atoms with Crippen molar-refractivity contribution in [3.8, 4) is 0 Å². The van der Waals surface area contributed by atoms with Gasteiger partial charge in [-0.15, -0.1) is 0 Å². The second kappa shape index (κ2) is 5.00. The quantitative estimate of drug-likeness (QED) is 0.640. The zero-order valence-corrected chi connectivity index (χ0v) is 11.0. The Morgan fingerprint density at radius 2 is 1.90 bits per heavy atom. The van der Waals surface area contributed by atoms with Crippen LogP contribution in [0.1, 0.15) is 0 Å². The normalized spacial score (nSPS) is 16.5. The summed E-state index contributed by atoms with van der Waals surface area (Å²) in [6.45, 7) is -0.745. The summed E-state index contributed by atoms with van der Waals surface area (Å²) in [4.78, 5) is 18.9. The number of halogens is 2. The van der Waals surface area contributed by atoms with E-state index in [0.717, 1.165) is 0 Å². The van der Waals surface area contributed by atoms with Crippen LogP contribution < -0.4 is 0 Å². The summed E-state index contributed by atoms with van der Waals surface area (Å²) in [5, 5.41) is 19.2. The van der Waals surface area contributed by atoms with E-state index in [-0.39, 0.29) is 25.2 Å². The Labute approximate surface area is 116 Å². The maximum Gasteiger partial charge on any atom is 0.309 e. The van der Waals surface area contributed by atoms with Crippen LogP contribution in [0.3, 0.4) is 0 Å². The van der Waals surface area contributed by atoms with E-state index in [1.807, 2.05) is 0 Å². The molecule has 1 aromatic carbocycles. The van der Waals surface area contributed by atoms with E-state index in [2.05, 4.69) is 0 Å². The minimum absolute atomic E-state index is 0.111. The predicted octanol–water partition coefficient (Wildman–Crippen LogP) is 0.578. The van der Waals surface area contributed by atoms with Crippen LogP contribution in [0.25, 0.3) is 0 Å². The number of rotatable bonds is 4. The molecule has 114 valence electrons. The number of nitro benzene ring substituents is 1. The predicted molar refractivity (Wildman–Crippen MR) is 62.9 cm³/mol. The van der Waals surface area contributed by atoms with Gasteiger partial charge in [-0.2, -0.15) is 8.70 Å². The topological polar surface area (TPSA) is 118 Å². The highest BCUT2D eigenvalue weighted by Gasteiger charge is 2.42. The molecule has 1 fully saturated rings. The van der Waals surface area contributed by atoms with Gasteiger partial charge in [0.25, 0.3) is 0 Å². The Morgan fingerprint density at radius 1 is 1.33 bits per heavy atom. The molecule has 1 N–H and O–H groups in total. The first kappa shape index (κ1) is 15.3. The van der Waals surface area contributed by atoms with Gasteiger partial charge in [-0.1, -0.05) is 0 Å². The van der Waals surface area contributed by atoms with Gasteiger partial charge in [0.2, 0.25) is 15.8 Å². The summed E-state index contributed by atoms with van der Waals surface area (Å²) in [5.74, 6) is -5.09. The molecule has 1 aliphatic heterocycles. The zero-order valence-electron chi connectivity index (χ0n) is 10.2. The maximum atomic E-state index is 13.6. The molecule has 1 aliphatic rings. The van der Waals surface area contributed by atoms with E-state index in [9.17, 15) is 32.1 Å². The summed E-state index contributed by atoms with van der Waals surface area (Å²) in [6.07, 6.45) is 0. The SMILES string of the molecule is O=C(O)C1CN(S(=O)(=O)c2cc([N+](=O)[O-])c(F)cc2F)C1. The molecule has 0 bridgehead atoms. The van der Waals surface area contributed by atoms with Gasteiger partial charge < -0.3 is 5.11 Å². The third kappa shape index (κ3) is 2.56. The van der Waals surface area contributed by atoms with Gasteiger partial charge in [0.05, 0.1) is 10.8 Å². The van der Waals surface area contributed by atoms with Gasteiger partial charge in [0.1, 0.15) is 10.7 Å². The average Bonchev–Trinajstić information content (AvgIpc) is 2.24. The molecule has 2 rings (SSSR count). The molecular formula is C10H8F2N2O6S. The molecule has 0 atom stereocenters. The van der Waals surface area contributed by atoms with E-state index in [1.54, 1.807) is 0 Å². The monoisotopic (exact) mass is 322 g/mol. The van der Waals surface area contributed by atoms with E-state index in [1.165, 1.54) is 0 Å². The molecule has 1 saturated heterocycles. The van der Waals surface area contributed by atoms with Gasteiger partial charge in [-0.05, 0) is 0 Å². The summed E-state index contributed by atoms with van der Waals surface area (Å²) < 4.78 is 51.5. The molecular weight excluding hydrogens is 314 g/mol. The lowest BCUT2D eigenvalue weighted by molar-refractivity contribution is -0.387. The van der Waals surface area contributed by atoms with Crippen molar-refractivity contribution < 1.29 is 32.0 Å². The number of hydrogen-bond donors (Lipinski definition) is 1. The van der Waals surface area contributed by atoms with Gasteiger partial charge in [0.15, 0.2) is 0 Å². The number of carboxylic acids is 1. The second-order valence-electron chi connectivity index (χ2n) is 4.35. The standard InChI is InChI=1S/C10H8F2N2O6S/c11-6-1-7(12)9(2-8(6)14(17)18)21(19,20)13-3-5(4-13)10(15)16/h1-2,5H,3-4H2,(H,15,16). The fourth-order valence-electron chi connectivity index (χ4n) is 1.79. The van der Waals surface area contributed by atoms with E-state index < -0.39 is 49.1 Å².